The molecule has 0 aliphatic carbocycles. The zero-order valence-electron chi connectivity index (χ0n) is 15.4. The van der Waals surface area contributed by atoms with Crippen LogP contribution in [0.3, 0.4) is 0 Å². The fourth-order valence-corrected chi connectivity index (χ4v) is 2.43. The lowest BCUT2D eigenvalue weighted by Crippen LogP contribution is -2.33. The van der Waals surface area contributed by atoms with Gasteiger partial charge in [0, 0.05) is 23.7 Å². The quantitative estimate of drug-likeness (QED) is 0.448. The Bertz CT molecular complexity index is 588. The first-order chi connectivity index (χ1) is 11.9. The van der Waals surface area contributed by atoms with E-state index < -0.39 is 0 Å². The third kappa shape index (κ3) is 9.19. The van der Waals surface area contributed by atoms with Crippen molar-refractivity contribution in [2.45, 2.75) is 59.3 Å². The van der Waals surface area contributed by atoms with Gasteiger partial charge < -0.3 is 16.0 Å². The van der Waals surface area contributed by atoms with Crippen LogP contribution in [0.1, 0.15) is 59.3 Å². The Hall–Kier alpha value is -1.95. The maximum absolute atomic E-state index is 11.9. The predicted molar refractivity (Wildman–Crippen MR) is 108 cm³/mol. The van der Waals surface area contributed by atoms with Gasteiger partial charge in [-0.2, -0.15) is 0 Å². The van der Waals surface area contributed by atoms with Crippen molar-refractivity contribution in [1.29, 1.82) is 0 Å². The van der Waals surface area contributed by atoms with Crippen LogP contribution in [0.15, 0.2) is 24.3 Å². The summed E-state index contributed by atoms with van der Waals surface area (Å²) in [7, 11) is 0. The van der Waals surface area contributed by atoms with Crippen LogP contribution >= 0.6 is 12.2 Å². The summed E-state index contributed by atoms with van der Waals surface area (Å²) in [6.45, 7) is 5.84. The van der Waals surface area contributed by atoms with E-state index >= 15 is 0 Å². The fraction of sp³-hybridized carbons (Fsp3) is 0.526. The van der Waals surface area contributed by atoms with Crippen molar-refractivity contribution in [3.05, 3.63) is 24.3 Å². The monoisotopic (exact) mass is 363 g/mol. The molecule has 0 spiro atoms. The van der Waals surface area contributed by atoms with Crippen LogP contribution in [-0.2, 0) is 9.59 Å². The highest BCUT2D eigenvalue weighted by atomic mass is 32.1. The molecule has 0 unspecified atom stereocenters. The first-order valence-corrected chi connectivity index (χ1v) is 9.35. The smallest absolute Gasteiger partial charge is 0.226 e. The van der Waals surface area contributed by atoms with Crippen molar-refractivity contribution < 1.29 is 9.59 Å². The molecule has 0 radical (unpaired) electrons. The van der Waals surface area contributed by atoms with E-state index in [1.165, 1.54) is 19.3 Å². The molecule has 0 saturated heterocycles. The summed E-state index contributed by atoms with van der Waals surface area (Å²) in [5, 5.41) is 8.77. The van der Waals surface area contributed by atoms with Gasteiger partial charge in [0.05, 0.1) is 0 Å². The van der Waals surface area contributed by atoms with E-state index in [-0.39, 0.29) is 22.8 Å². The first-order valence-electron chi connectivity index (χ1n) is 8.94. The molecule has 5 nitrogen and oxygen atoms in total. The van der Waals surface area contributed by atoms with Gasteiger partial charge in [-0.25, -0.2) is 0 Å². The molecule has 1 aromatic carbocycles. The lowest BCUT2D eigenvalue weighted by molar-refractivity contribution is -0.120. The second-order valence-electron chi connectivity index (χ2n) is 6.39. The lowest BCUT2D eigenvalue weighted by Gasteiger charge is -2.12. The number of amides is 2. The molecule has 0 fully saturated rings. The second kappa shape index (κ2) is 11.6. The van der Waals surface area contributed by atoms with Gasteiger partial charge in [0.25, 0.3) is 0 Å². The SMILES string of the molecule is CCCCCCCC(=O)NC(=S)Nc1cccc(NC(=O)C(C)C)c1. The molecule has 0 saturated carbocycles. The molecular weight excluding hydrogens is 334 g/mol. The Balaban J connectivity index is 2.41. The van der Waals surface area contributed by atoms with Gasteiger partial charge in [0.1, 0.15) is 0 Å². The Morgan fingerprint density at radius 1 is 1.04 bits per heavy atom. The summed E-state index contributed by atoms with van der Waals surface area (Å²) >= 11 is 5.17. The zero-order chi connectivity index (χ0) is 18.7. The van der Waals surface area contributed by atoms with Crippen molar-refractivity contribution >= 4 is 40.5 Å². The number of benzene rings is 1. The summed E-state index contributed by atoms with van der Waals surface area (Å²) in [5.41, 5.74) is 1.41. The number of carbonyl (C=O) groups is 2. The zero-order valence-corrected chi connectivity index (χ0v) is 16.2. The molecule has 0 aliphatic rings. The summed E-state index contributed by atoms with van der Waals surface area (Å²) in [4.78, 5) is 23.6. The average molecular weight is 364 g/mol. The van der Waals surface area contributed by atoms with E-state index in [1.54, 1.807) is 6.07 Å². The second-order valence-corrected chi connectivity index (χ2v) is 6.80. The van der Waals surface area contributed by atoms with Crippen LogP contribution < -0.4 is 16.0 Å². The molecule has 6 heteroatoms. The van der Waals surface area contributed by atoms with Gasteiger partial charge in [-0.1, -0.05) is 52.5 Å². The molecule has 0 aromatic heterocycles. The van der Waals surface area contributed by atoms with Crippen LogP contribution in [0.2, 0.25) is 0 Å². The summed E-state index contributed by atoms with van der Waals surface area (Å²) in [6, 6.07) is 7.23. The largest absolute Gasteiger partial charge is 0.332 e. The van der Waals surface area contributed by atoms with E-state index in [0.29, 0.717) is 12.1 Å². The minimum absolute atomic E-state index is 0.0453. The lowest BCUT2D eigenvalue weighted by atomic mass is 10.1. The average Bonchev–Trinajstić information content (AvgIpc) is 2.54. The van der Waals surface area contributed by atoms with Gasteiger partial charge in [-0.3, -0.25) is 9.59 Å². The number of hydrogen-bond donors (Lipinski definition) is 3. The van der Waals surface area contributed by atoms with Crippen LogP contribution in [0.5, 0.6) is 0 Å². The fourth-order valence-electron chi connectivity index (χ4n) is 2.20. The van der Waals surface area contributed by atoms with Gasteiger partial charge >= 0.3 is 0 Å². The Kier molecular flexibility index (Phi) is 9.77. The van der Waals surface area contributed by atoms with E-state index in [0.717, 1.165) is 18.5 Å². The number of anilines is 2. The van der Waals surface area contributed by atoms with Crippen molar-refractivity contribution in [2.24, 2.45) is 5.92 Å². The summed E-state index contributed by atoms with van der Waals surface area (Å²) in [6.07, 6.45) is 6.00. The molecule has 1 rings (SSSR count). The molecule has 25 heavy (non-hydrogen) atoms. The van der Waals surface area contributed by atoms with Crippen LogP contribution in [0.25, 0.3) is 0 Å². The molecule has 0 bridgehead atoms. The Labute approximate surface area is 156 Å². The topological polar surface area (TPSA) is 70.2 Å². The summed E-state index contributed by atoms with van der Waals surface area (Å²) < 4.78 is 0. The maximum Gasteiger partial charge on any atom is 0.226 e. The van der Waals surface area contributed by atoms with Crippen LogP contribution in [0, 0.1) is 5.92 Å². The van der Waals surface area contributed by atoms with Crippen molar-refractivity contribution in [1.82, 2.24) is 5.32 Å². The highest BCUT2D eigenvalue weighted by Gasteiger charge is 2.08. The third-order valence-electron chi connectivity index (χ3n) is 3.67. The van der Waals surface area contributed by atoms with Gasteiger partial charge in [0.15, 0.2) is 5.11 Å². The third-order valence-corrected chi connectivity index (χ3v) is 3.88. The molecule has 2 amide bonds. The molecule has 3 N–H and O–H groups in total. The maximum atomic E-state index is 11.9. The highest BCUT2D eigenvalue weighted by Crippen LogP contribution is 2.16. The Morgan fingerprint density at radius 3 is 2.32 bits per heavy atom. The van der Waals surface area contributed by atoms with E-state index in [4.69, 9.17) is 12.2 Å². The molecule has 0 heterocycles. The van der Waals surface area contributed by atoms with Crippen LogP contribution in [0.4, 0.5) is 11.4 Å². The summed E-state index contributed by atoms with van der Waals surface area (Å²) in [5.74, 6) is -0.205. The highest BCUT2D eigenvalue weighted by molar-refractivity contribution is 7.80. The van der Waals surface area contributed by atoms with Crippen molar-refractivity contribution in [2.75, 3.05) is 10.6 Å². The van der Waals surface area contributed by atoms with Crippen LogP contribution in [-0.4, -0.2) is 16.9 Å². The number of nitrogens with one attached hydrogen (secondary N) is 3. The van der Waals surface area contributed by atoms with Gasteiger partial charge in [0.2, 0.25) is 11.8 Å². The Morgan fingerprint density at radius 2 is 1.68 bits per heavy atom. The number of unbranched alkanes of at least 4 members (excludes halogenated alkanes) is 4. The van der Waals surface area contributed by atoms with Crippen molar-refractivity contribution in [3.63, 3.8) is 0 Å². The first kappa shape index (κ1) is 21.1. The molecule has 138 valence electrons. The van der Waals surface area contributed by atoms with Gasteiger partial charge in [-0.15, -0.1) is 0 Å². The molecule has 1 aromatic rings. The molecule has 0 atom stereocenters. The number of thiocarbonyl (C=S) groups is 1. The minimum Gasteiger partial charge on any atom is -0.332 e. The number of rotatable bonds is 9. The standard InChI is InChI=1S/C19H29N3O2S/c1-4-5-6-7-8-12-17(23)22-19(25)21-16-11-9-10-15(13-16)20-18(24)14(2)3/h9-11,13-14H,4-8,12H2,1-3H3,(H,20,24)(H2,21,22,23,25). The number of carbonyl (C=O) groups excluding carboxylic acids is 2. The van der Waals surface area contributed by atoms with Gasteiger partial charge in [-0.05, 0) is 36.8 Å². The normalized spacial score (nSPS) is 10.4. The predicted octanol–water partition coefficient (Wildman–Crippen LogP) is 4.45. The number of hydrogen-bond acceptors (Lipinski definition) is 3. The minimum atomic E-state index is -0.0886. The van der Waals surface area contributed by atoms with Crippen molar-refractivity contribution in [3.8, 4) is 0 Å². The van der Waals surface area contributed by atoms with E-state index in [9.17, 15) is 9.59 Å². The van der Waals surface area contributed by atoms with E-state index in [2.05, 4.69) is 22.9 Å². The molecule has 0 aliphatic heterocycles. The molecular formula is C19H29N3O2S. The van der Waals surface area contributed by atoms with E-state index in [1.807, 2.05) is 32.0 Å².